The van der Waals surface area contributed by atoms with Crippen molar-refractivity contribution < 1.29 is 9.53 Å². The average Bonchev–Trinajstić information content (AvgIpc) is 2.87. The van der Waals surface area contributed by atoms with E-state index < -0.39 is 0 Å². The van der Waals surface area contributed by atoms with Crippen LogP contribution in [0.15, 0.2) is 0 Å². The van der Waals surface area contributed by atoms with Gasteiger partial charge in [0.1, 0.15) is 0 Å². The zero-order valence-electron chi connectivity index (χ0n) is 13.3. The zero-order valence-corrected chi connectivity index (χ0v) is 14.1. The third kappa shape index (κ3) is 4.15. The largest absolute Gasteiger partial charge is 0.464 e. The molecule has 1 saturated heterocycles. The van der Waals surface area contributed by atoms with Crippen LogP contribution in [0.25, 0.3) is 0 Å². The van der Waals surface area contributed by atoms with E-state index in [1.807, 2.05) is 6.92 Å². The van der Waals surface area contributed by atoms with Crippen molar-refractivity contribution in [3.05, 3.63) is 10.6 Å². The zero-order chi connectivity index (χ0) is 15.4. The summed E-state index contributed by atoms with van der Waals surface area (Å²) in [6, 6.07) is 0. The molecule has 1 aromatic heterocycles. The Morgan fingerprint density at radius 3 is 2.57 bits per heavy atom. The van der Waals surface area contributed by atoms with Gasteiger partial charge in [-0.15, -0.1) is 11.3 Å². The summed E-state index contributed by atoms with van der Waals surface area (Å²) in [6.07, 6.45) is 0. The summed E-state index contributed by atoms with van der Waals surface area (Å²) >= 11 is 1.57. The highest BCUT2D eigenvalue weighted by molar-refractivity contribution is 7.15. The first kappa shape index (κ1) is 16.2. The van der Waals surface area contributed by atoms with Gasteiger partial charge in [0.2, 0.25) is 0 Å². The van der Waals surface area contributed by atoms with Crippen molar-refractivity contribution in [3.8, 4) is 0 Å². The lowest BCUT2D eigenvalue weighted by Gasteiger charge is -2.35. The minimum atomic E-state index is -0.348. The van der Waals surface area contributed by atoms with Gasteiger partial charge in [0.25, 0.3) is 0 Å². The summed E-state index contributed by atoms with van der Waals surface area (Å²) in [5, 5.41) is 0.931. The van der Waals surface area contributed by atoms with E-state index in [9.17, 15) is 4.79 Å². The number of thiazole rings is 1. The standard InChI is InChI=1S/C14H24N4O2S/c1-11-12(13(19)20-4)15-14(21-11)18-9-7-17(8-10-18)6-5-16(2)3/h5-10H2,1-4H3. The van der Waals surface area contributed by atoms with Gasteiger partial charge < -0.3 is 14.5 Å². The number of likely N-dealkylation sites (N-methyl/N-ethyl adjacent to an activating group) is 1. The number of esters is 1. The summed E-state index contributed by atoms with van der Waals surface area (Å²) < 4.78 is 4.76. The van der Waals surface area contributed by atoms with Gasteiger partial charge in [-0.25, -0.2) is 9.78 Å². The van der Waals surface area contributed by atoms with Crippen LogP contribution in [0, 0.1) is 6.92 Å². The van der Waals surface area contributed by atoms with E-state index in [1.54, 1.807) is 11.3 Å². The number of ether oxygens (including phenoxy) is 1. The van der Waals surface area contributed by atoms with Gasteiger partial charge in [0, 0.05) is 44.1 Å². The number of aryl methyl sites for hydroxylation is 1. The molecule has 2 heterocycles. The van der Waals surface area contributed by atoms with Gasteiger partial charge in [-0.1, -0.05) is 0 Å². The Kier molecular flexibility index (Phi) is 5.55. The van der Waals surface area contributed by atoms with E-state index in [2.05, 4.69) is 33.8 Å². The molecule has 0 radical (unpaired) electrons. The second-order valence-electron chi connectivity index (χ2n) is 5.52. The predicted molar refractivity (Wildman–Crippen MR) is 85.4 cm³/mol. The number of aromatic nitrogens is 1. The minimum absolute atomic E-state index is 0.348. The van der Waals surface area contributed by atoms with Crippen LogP contribution in [0.5, 0.6) is 0 Å². The summed E-state index contributed by atoms with van der Waals surface area (Å²) in [5.74, 6) is -0.348. The fourth-order valence-electron chi connectivity index (χ4n) is 2.31. The Morgan fingerprint density at radius 2 is 2.00 bits per heavy atom. The highest BCUT2D eigenvalue weighted by Gasteiger charge is 2.22. The maximum absolute atomic E-state index is 11.6. The van der Waals surface area contributed by atoms with Crippen molar-refractivity contribution in [1.82, 2.24) is 14.8 Å². The quantitative estimate of drug-likeness (QED) is 0.754. The number of methoxy groups -OCH3 is 1. The molecule has 0 bridgehead atoms. The summed E-state index contributed by atoms with van der Waals surface area (Å²) in [7, 11) is 5.59. The monoisotopic (exact) mass is 312 g/mol. The Labute approximate surface area is 130 Å². The number of rotatable bonds is 5. The number of hydrogen-bond donors (Lipinski definition) is 0. The number of nitrogens with zero attached hydrogens (tertiary/aromatic N) is 4. The molecule has 0 aromatic carbocycles. The molecular weight excluding hydrogens is 288 g/mol. The number of carbonyl (C=O) groups excluding carboxylic acids is 1. The number of piperazine rings is 1. The van der Waals surface area contributed by atoms with Crippen molar-refractivity contribution in [2.24, 2.45) is 0 Å². The van der Waals surface area contributed by atoms with E-state index >= 15 is 0 Å². The van der Waals surface area contributed by atoms with Gasteiger partial charge in [0.05, 0.1) is 7.11 Å². The lowest BCUT2D eigenvalue weighted by molar-refractivity contribution is 0.0594. The van der Waals surface area contributed by atoms with Crippen molar-refractivity contribution in [1.29, 1.82) is 0 Å². The molecule has 0 saturated carbocycles. The smallest absolute Gasteiger partial charge is 0.357 e. The lowest BCUT2D eigenvalue weighted by atomic mass is 10.3. The van der Waals surface area contributed by atoms with Crippen molar-refractivity contribution in [2.45, 2.75) is 6.92 Å². The van der Waals surface area contributed by atoms with E-state index in [0.717, 1.165) is 49.3 Å². The Bertz CT molecular complexity index is 481. The second-order valence-corrected chi connectivity index (χ2v) is 6.71. The molecule has 0 aliphatic carbocycles. The van der Waals surface area contributed by atoms with E-state index in [4.69, 9.17) is 4.74 Å². The van der Waals surface area contributed by atoms with E-state index in [-0.39, 0.29) is 5.97 Å². The fraction of sp³-hybridized carbons (Fsp3) is 0.714. The van der Waals surface area contributed by atoms with Crippen molar-refractivity contribution >= 4 is 22.4 Å². The molecule has 7 heteroatoms. The molecule has 6 nitrogen and oxygen atoms in total. The Balaban J connectivity index is 1.92. The van der Waals surface area contributed by atoms with Gasteiger partial charge in [-0.3, -0.25) is 4.90 Å². The highest BCUT2D eigenvalue weighted by Crippen LogP contribution is 2.26. The van der Waals surface area contributed by atoms with Crippen LogP contribution in [-0.2, 0) is 4.74 Å². The van der Waals surface area contributed by atoms with Crippen LogP contribution in [0.4, 0.5) is 5.13 Å². The number of anilines is 1. The van der Waals surface area contributed by atoms with Crippen LogP contribution in [0.2, 0.25) is 0 Å². The first-order valence-electron chi connectivity index (χ1n) is 7.19. The van der Waals surface area contributed by atoms with Gasteiger partial charge in [-0.2, -0.15) is 0 Å². The first-order valence-corrected chi connectivity index (χ1v) is 8.00. The van der Waals surface area contributed by atoms with Crippen molar-refractivity contribution in [3.63, 3.8) is 0 Å². The topological polar surface area (TPSA) is 48.9 Å². The van der Waals surface area contributed by atoms with Gasteiger partial charge >= 0.3 is 5.97 Å². The molecule has 0 N–H and O–H groups in total. The first-order chi connectivity index (χ1) is 10.0. The van der Waals surface area contributed by atoms with Crippen LogP contribution in [-0.4, -0.2) is 81.2 Å². The molecule has 118 valence electrons. The third-order valence-corrected chi connectivity index (χ3v) is 4.70. The minimum Gasteiger partial charge on any atom is -0.464 e. The summed E-state index contributed by atoms with van der Waals surface area (Å²) in [4.78, 5) is 23.9. The van der Waals surface area contributed by atoms with Crippen molar-refractivity contribution in [2.75, 3.05) is 65.4 Å². The Hall–Kier alpha value is -1.18. The molecule has 1 aliphatic rings. The molecule has 21 heavy (non-hydrogen) atoms. The SMILES string of the molecule is COC(=O)c1nc(N2CCN(CCN(C)C)CC2)sc1C. The van der Waals surface area contributed by atoms with Gasteiger partial charge in [0.15, 0.2) is 10.8 Å². The van der Waals surface area contributed by atoms with Crippen LogP contribution < -0.4 is 4.90 Å². The summed E-state index contributed by atoms with van der Waals surface area (Å²) in [6.45, 7) is 8.11. The van der Waals surface area contributed by atoms with Crippen LogP contribution >= 0.6 is 11.3 Å². The normalized spacial score (nSPS) is 16.5. The fourth-order valence-corrected chi connectivity index (χ4v) is 3.26. The van der Waals surface area contributed by atoms with E-state index in [0.29, 0.717) is 5.69 Å². The maximum Gasteiger partial charge on any atom is 0.357 e. The number of hydrogen-bond acceptors (Lipinski definition) is 7. The lowest BCUT2D eigenvalue weighted by Crippen LogP contribution is -2.48. The predicted octanol–water partition coefficient (Wildman–Crippen LogP) is 0.922. The second kappa shape index (κ2) is 7.20. The maximum atomic E-state index is 11.6. The Morgan fingerprint density at radius 1 is 1.33 bits per heavy atom. The molecule has 0 atom stereocenters. The summed E-state index contributed by atoms with van der Waals surface area (Å²) in [5.41, 5.74) is 0.451. The molecular formula is C14H24N4O2S. The van der Waals surface area contributed by atoms with Crippen LogP contribution in [0.1, 0.15) is 15.4 Å². The molecule has 1 fully saturated rings. The molecule has 0 unspecified atom stereocenters. The third-order valence-electron chi connectivity index (χ3n) is 3.67. The molecule has 1 aromatic rings. The highest BCUT2D eigenvalue weighted by atomic mass is 32.1. The van der Waals surface area contributed by atoms with Crippen LogP contribution in [0.3, 0.4) is 0 Å². The molecule has 0 amide bonds. The molecule has 1 aliphatic heterocycles. The average molecular weight is 312 g/mol. The molecule has 2 rings (SSSR count). The number of carbonyl (C=O) groups is 1. The van der Waals surface area contributed by atoms with E-state index in [1.165, 1.54) is 7.11 Å². The van der Waals surface area contributed by atoms with Gasteiger partial charge in [-0.05, 0) is 21.0 Å². The molecule has 0 spiro atoms.